The standard InChI is InChI=1S/C9H15N3O/c1-10-5-7-9-6(11-12(7)2)3-4-8(9)13/h8,10,13H,3-5H2,1-2H3. The Morgan fingerprint density at radius 2 is 2.46 bits per heavy atom. The van der Waals surface area contributed by atoms with Crippen molar-refractivity contribution in [2.45, 2.75) is 25.5 Å². The smallest absolute Gasteiger partial charge is 0.0830 e. The third-order valence-electron chi connectivity index (χ3n) is 2.62. The Labute approximate surface area is 77.6 Å². The fourth-order valence-corrected chi connectivity index (χ4v) is 2.00. The van der Waals surface area contributed by atoms with Crippen LogP contribution in [0.2, 0.25) is 0 Å². The molecule has 1 unspecified atom stereocenters. The Morgan fingerprint density at radius 3 is 3.15 bits per heavy atom. The quantitative estimate of drug-likeness (QED) is 0.681. The first-order valence-corrected chi connectivity index (χ1v) is 4.61. The molecule has 1 heterocycles. The molecule has 2 rings (SSSR count). The number of aromatic nitrogens is 2. The summed E-state index contributed by atoms with van der Waals surface area (Å²) in [5.41, 5.74) is 3.24. The minimum Gasteiger partial charge on any atom is -0.388 e. The summed E-state index contributed by atoms with van der Waals surface area (Å²) in [4.78, 5) is 0. The van der Waals surface area contributed by atoms with Crippen LogP contribution in [0.25, 0.3) is 0 Å². The van der Waals surface area contributed by atoms with Crippen LogP contribution in [-0.4, -0.2) is 21.9 Å². The van der Waals surface area contributed by atoms with Gasteiger partial charge in [-0.05, 0) is 19.9 Å². The topological polar surface area (TPSA) is 50.1 Å². The van der Waals surface area contributed by atoms with Gasteiger partial charge in [0.2, 0.25) is 0 Å². The second-order valence-corrected chi connectivity index (χ2v) is 3.52. The molecule has 0 spiro atoms. The summed E-state index contributed by atoms with van der Waals surface area (Å²) < 4.78 is 1.86. The summed E-state index contributed by atoms with van der Waals surface area (Å²) in [5.74, 6) is 0. The summed E-state index contributed by atoms with van der Waals surface area (Å²) >= 11 is 0. The Balaban J connectivity index is 2.42. The normalized spacial score (nSPS) is 20.7. The van der Waals surface area contributed by atoms with E-state index in [0.717, 1.165) is 36.3 Å². The molecule has 0 radical (unpaired) electrons. The van der Waals surface area contributed by atoms with Crippen molar-refractivity contribution >= 4 is 0 Å². The van der Waals surface area contributed by atoms with Gasteiger partial charge in [0, 0.05) is 19.2 Å². The Morgan fingerprint density at radius 1 is 1.69 bits per heavy atom. The molecule has 13 heavy (non-hydrogen) atoms. The van der Waals surface area contributed by atoms with E-state index >= 15 is 0 Å². The van der Waals surface area contributed by atoms with Crippen LogP contribution >= 0.6 is 0 Å². The molecule has 1 aromatic heterocycles. The zero-order valence-corrected chi connectivity index (χ0v) is 8.04. The zero-order chi connectivity index (χ0) is 9.42. The van der Waals surface area contributed by atoms with Gasteiger partial charge < -0.3 is 10.4 Å². The summed E-state index contributed by atoms with van der Waals surface area (Å²) in [6.07, 6.45) is 1.44. The lowest BCUT2D eigenvalue weighted by Crippen LogP contribution is -2.12. The third-order valence-corrected chi connectivity index (χ3v) is 2.62. The molecule has 2 N–H and O–H groups in total. The van der Waals surface area contributed by atoms with Gasteiger partial charge in [-0.1, -0.05) is 0 Å². The van der Waals surface area contributed by atoms with E-state index in [1.165, 1.54) is 0 Å². The molecule has 0 saturated heterocycles. The number of hydrogen-bond acceptors (Lipinski definition) is 3. The minimum atomic E-state index is -0.299. The summed E-state index contributed by atoms with van der Waals surface area (Å²) in [7, 11) is 3.83. The van der Waals surface area contributed by atoms with E-state index in [2.05, 4.69) is 10.4 Å². The molecule has 0 bridgehead atoms. The number of rotatable bonds is 2. The Hall–Kier alpha value is -0.870. The molecule has 4 heteroatoms. The SMILES string of the molecule is CNCc1c2c(nn1C)CCC2O. The maximum absolute atomic E-state index is 9.72. The van der Waals surface area contributed by atoms with E-state index in [-0.39, 0.29) is 6.10 Å². The molecule has 1 aromatic rings. The molecule has 1 aliphatic carbocycles. The molecule has 0 saturated carbocycles. The molecule has 72 valence electrons. The van der Waals surface area contributed by atoms with Crippen LogP contribution in [0, 0.1) is 0 Å². The van der Waals surface area contributed by atoms with Gasteiger partial charge in [0.15, 0.2) is 0 Å². The average Bonchev–Trinajstić information content (AvgIpc) is 2.57. The maximum Gasteiger partial charge on any atom is 0.0830 e. The molecule has 4 nitrogen and oxygen atoms in total. The van der Waals surface area contributed by atoms with Gasteiger partial charge >= 0.3 is 0 Å². The van der Waals surface area contributed by atoms with Crippen molar-refractivity contribution in [1.29, 1.82) is 0 Å². The van der Waals surface area contributed by atoms with Crippen molar-refractivity contribution in [1.82, 2.24) is 15.1 Å². The lowest BCUT2D eigenvalue weighted by Gasteiger charge is -2.07. The van der Waals surface area contributed by atoms with Gasteiger partial charge in [0.05, 0.1) is 17.5 Å². The van der Waals surface area contributed by atoms with Crippen LogP contribution in [0.3, 0.4) is 0 Å². The van der Waals surface area contributed by atoms with Gasteiger partial charge in [-0.3, -0.25) is 4.68 Å². The van der Waals surface area contributed by atoms with Gasteiger partial charge in [0.25, 0.3) is 0 Å². The monoisotopic (exact) mass is 181 g/mol. The number of aliphatic hydroxyl groups excluding tert-OH is 1. The van der Waals surface area contributed by atoms with E-state index in [1.54, 1.807) is 0 Å². The van der Waals surface area contributed by atoms with Crippen molar-refractivity contribution < 1.29 is 5.11 Å². The molecule has 0 fully saturated rings. The molecule has 0 aromatic carbocycles. The Bertz CT molecular complexity index is 319. The molecular formula is C9H15N3O. The number of hydrogen-bond donors (Lipinski definition) is 2. The Kier molecular flexibility index (Phi) is 2.09. The highest BCUT2D eigenvalue weighted by atomic mass is 16.3. The predicted octanol–water partition coefficient (Wildman–Crippen LogP) is 0.119. The summed E-state index contributed by atoms with van der Waals surface area (Å²) in [6.45, 7) is 0.774. The van der Waals surface area contributed by atoms with Crippen LogP contribution in [0.4, 0.5) is 0 Å². The van der Waals surface area contributed by atoms with Crippen molar-refractivity contribution in [3.05, 3.63) is 17.0 Å². The fraction of sp³-hybridized carbons (Fsp3) is 0.667. The largest absolute Gasteiger partial charge is 0.388 e. The van der Waals surface area contributed by atoms with Gasteiger partial charge in [-0.15, -0.1) is 0 Å². The van der Waals surface area contributed by atoms with Crippen molar-refractivity contribution in [3.63, 3.8) is 0 Å². The highest BCUT2D eigenvalue weighted by Crippen LogP contribution is 2.32. The highest BCUT2D eigenvalue weighted by Gasteiger charge is 2.27. The third kappa shape index (κ3) is 1.26. The van der Waals surface area contributed by atoms with E-state index in [9.17, 15) is 5.11 Å². The zero-order valence-electron chi connectivity index (χ0n) is 8.04. The minimum absolute atomic E-state index is 0.299. The van der Waals surface area contributed by atoms with Gasteiger partial charge in [-0.25, -0.2) is 0 Å². The molecular weight excluding hydrogens is 166 g/mol. The van der Waals surface area contributed by atoms with Gasteiger partial charge in [0.1, 0.15) is 0 Å². The summed E-state index contributed by atoms with van der Waals surface area (Å²) in [6, 6.07) is 0. The molecule has 0 amide bonds. The number of nitrogens with one attached hydrogen (secondary N) is 1. The second kappa shape index (κ2) is 3.12. The lowest BCUT2D eigenvalue weighted by atomic mass is 10.1. The number of aryl methyl sites for hydroxylation is 2. The van der Waals surface area contributed by atoms with Crippen molar-refractivity contribution in [2.75, 3.05) is 7.05 Å². The molecule has 0 aliphatic heterocycles. The average molecular weight is 181 g/mol. The van der Waals surface area contributed by atoms with Crippen LogP contribution < -0.4 is 5.32 Å². The predicted molar refractivity (Wildman–Crippen MR) is 49.3 cm³/mol. The van der Waals surface area contributed by atoms with Crippen LogP contribution in [-0.2, 0) is 20.0 Å². The first kappa shape index (κ1) is 8.72. The van der Waals surface area contributed by atoms with Gasteiger partial charge in [-0.2, -0.15) is 5.10 Å². The van der Waals surface area contributed by atoms with E-state index in [4.69, 9.17) is 0 Å². The van der Waals surface area contributed by atoms with E-state index < -0.39 is 0 Å². The lowest BCUT2D eigenvalue weighted by molar-refractivity contribution is 0.178. The second-order valence-electron chi connectivity index (χ2n) is 3.52. The maximum atomic E-state index is 9.72. The van der Waals surface area contributed by atoms with Crippen LogP contribution in [0.5, 0.6) is 0 Å². The first-order valence-electron chi connectivity index (χ1n) is 4.61. The molecule has 1 atom stereocenters. The fourth-order valence-electron chi connectivity index (χ4n) is 2.00. The van der Waals surface area contributed by atoms with E-state index in [1.807, 2.05) is 18.8 Å². The number of aliphatic hydroxyl groups is 1. The highest BCUT2D eigenvalue weighted by molar-refractivity contribution is 5.32. The number of nitrogens with zero attached hydrogens (tertiary/aromatic N) is 2. The van der Waals surface area contributed by atoms with Crippen molar-refractivity contribution in [3.8, 4) is 0 Å². The van der Waals surface area contributed by atoms with Crippen LogP contribution in [0.15, 0.2) is 0 Å². The van der Waals surface area contributed by atoms with Crippen molar-refractivity contribution in [2.24, 2.45) is 7.05 Å². The van der Waals surface area contributed by atoms with Crippen LogP contribution in [0.1, 0.15) is 29.5 Å². The number of fused-ring (bicyclic) bond motifs is 1. The molecule has 1 aliphatic rings. The first-order chi connectivity index (χ1) is 6.24. The summed E-state index contributed by atoms with van der Waals surface area (Å²) in [5, 5.41) is 17.2. The van der Waals surface area contributed by atoms with E-state index in [0.29, 0.717) is 0 Å².